The number of amides is 1. The Balaban J connectivity index is 2.11. The lowest BCUT2D eigenvalue weighted by Crippen LogP contribution is -2.27. The van der Waals surface area contributed by atoms with Crippen molar-refractivity contribution in [3.8, 4) is 5.75 Å². The third-order valence-corrected chi connectivity index (χ3v) is 2.79. The van der Waals surface area contributed by atoms with E-state index in [2.05, 4.69) is 10.3 Å². The number of carbonyl (C=O) groups is 1. The van der Waals surface area contributed by atoms with Crippen molar-refractivity contribution in [3.63, 3.8) is 0 Å². The molecule has 1 aromatic carbocycles. The summed E-state index contributed by atoms with van der Waals surface area (Å²) in [6, 6.07) is 10.0. The van der Waals surface area contributed by atoms with E-state index < -0.39 is 5.91 Å². The van der Waals surface area contributed by atoms with Crippen molar-refractivity contribution in [1.29, 1.82) is 0 Å². The van der Waals surface area contributed by atoms with Gasteiger partial charge >= 0.3 is 0 Å². The first-order valence-corrected chi connectivity index (χ1v) is 5.88. The number of aromatic hydroxyl groups is 1. The van der Waals surface area contributed by atoms with Crippen LogP contribution in [0.15, 0.2) is 42.6 Å². The topological polar surface area (TPSA) is 88.2 Å². The summed E-state index contributed by atoms with van der Waals surface area (Å²) in [5.74, 6) is -0.549. The van der Waals surface area contributed by atoms with Crippen molar-refractivity contribution in [2.75, 3.05) is 5.73 Å². The van der Waals surface area contributed by atoms with Crippen LogP contribution < -0.4 is 11.1 Å². The summed E-state index contributed by atoms with van der Waals surface area (Å²) in [6.45, 7) is 1.85. The van der Waals surface area contributed by atoms with E-state index in [1.807, 2.05) is 19.1 Å². The van der Waals surface area contributed by atoms with E-state index in [0.29, 0.717) is 5.69 Å². The number of anilines is 1. The van der Waals surface area contributed by atoms with Crippen LogP contribution in [0.1, 0.15) is 29.0 Å². The maximum absolute atomic E-state index is 12.0. The van der Waals surface area contributed by atoms with Crippen LogP contribution in [-0.2, 0) is 0 Å². The Morgan fingerprint density at radius 3 is 2.63 bits per heavy atom. The molecular formula is C14H15N3O2. The number of hydrogen-bond acceptors (Lipinski definition) is 4. The maximum atomic E-state index is 12.0. The number of aromatic nitrogens is 1. The van der Waals surface area contributed by atoms with Gasteiger partial charge in [-0.2, -0.15) is 0 Å². The molecule has 5 nitrogen and oxygen atoms in total. The molecule has 0 aliphatic rings. The first-order chi connectivity index (χ1) is 9.08. The third kappa shape index (κ3) is 3.01. The normalized spacial score (nSPS) is 11.8. The molecular weight excluding hydrogens is 242 g/mol. The molecule has 0 bridgehead atoms. The van der Waals surface area contributed by atoms with Gasteiger partial charge in [0.15, 0.2) is 5.69 Å². The molecule has 2 aromatic rings. The van der Waals surface area contributed by atoms with Crippen molar-refractivity contribution < 1.29 is 9.90 Å². The fraction of sp³-hybridized carbons (Fsp3) is 0.143. The van der Waals surface area contributed by atoms with Gasteiger partial charge in [-0.1, -0.05) is 12.1 Å². The van der Waals surface area contributed by atoms with Gasteiger partial charge in [-0.3, -0.25) is 4.79 Å². The van der Waals surface area contributed by atoms with Gasteiger partial charge in [-0.25, -0.2) is 4.98 Å². The minimum Gasteiger partial charge on any atom is -0.505 e. The molecule has 0 fully saturated rings. The molecule has 5 heteroatoms. The van der Waals surface area contributed by atoms with Crippen molar-refractivity contribution in [3.05, 3.63) is 53.9 Å². The van der Waals surface area contributed by atoms with Crippen molar-refractivity contribution in [2.45, 2.75) is 13.0 Å². The third-order valence-electron chi connectivity index (χ3n) is 2.79. The van der Waals surface area contributed by atoms with Crippen LogP contribution in [0.25, 0.3) is 0 Å². The molecule has 1 aromatic heterocycles. The van der Waals surface area contributed by atoms with Gasteiger partial charge in [0.25, 0.3) is 5.91 Å². The fourth-order valence-electron chi connectivity index (χ4n) is 1.70. The molecule has 4 N–H and O–H groups in total. The lowest BCUT2D eigenvalue weighted by Gasteiger charge is -2.14. The highest BCUT2D eigenvalue weighted by molar-refractivity contribution is 5.94. The average molecular weight is 257 g/mol. The smallest absolute Gasteiger partial charge is 0.274 e. The highest BCUT2D eigenvalue weighted by Gasteiger charge is 2.15. The molecule has 2 rings (SSSR count). The number of nitrogens with zero attached hydrogens (tertiary/aromatic N) is 1. The second-order valence-electron chi connectivity index (χ2n) is 4.23. The molecule has 1 amide bonds. The van der Waals surface area contributed by atoms with E-state index in [4.69, 9.17) is 5.73 Å². The minimum absolute atomic E-state index is 0.0183. The minimum atomic E-state index is -0.414. The van der Waals surface area contributed by atoms with Gasteiger partial charge in [0.2, 0.25) is 0 Å². The highest BCUT2D eigenvalue weighted by Crippen LogP contribution is 2.17. The predicted molar refractivity (Wildman–Crippen MR) is 72.6 cm³/mol. The monoisotopic (exact) mass is 257 g/mol. The Morgan fingerprint density at radius 1 is 1.32 bits per heavy atom. The molecule has 19 heavy (non-hydrogen) atoms. The largest absolute Gasteiger partial charge is 0.505 e. The van der Waals surface area contributed by atoms with Crippen molar-refractivity contribution in [1.82, 2.24) is 10.3 Å². The Bertz CT molecular complexity index is 581. The van der Waals surface area contributed by atoms with Crippen LogP contribution in [0.5, 0.6) is 5.75 Å². The zero-order valence-corrected chi connectivity index (χ0v) is 10.5. The fourth-order valence-corrected chi connectivity index (χ4v) is 1.70. The number of nitrogen functional groups attached to an aromatic ring is 1. The number of benzene rings is 1. The summed E-state index contributed by atoms with van der Waals surface area (Å²) in [5.41, 5.74) is 7.23. The standard InChI is InChI=1S/C14H15N3O2/c1-9(10-4-6-11(15)7-5-10)17-14(19)13-12(18)3-2-8-16-13/h2-9,18H,15H2,1H3,(H,17,19). The molecule has 1 heterocycles. The second kappa shape index (κ2) is 5.39. The molecule has 0 radical (unpaired) electrons. The van der Waals surface area contributed by atoms with Crippen LogP contribution in [0.2, 0.25) is 0 Å². The Morgan fingerprint density at radius 2 is 2.00 bits per heavy atom. The van der Waals surface area contributed by atoms with Crippen LogP contribution in [0.3, 0.4) is 0 Å². The summed E-state index contributed by atoms with van der Waals surface area (Å²) in [6.07, 6.45) is 1.46. The average Bonchev–Trinajstić information content (AvgIpc) is 2.39. The molecule has 0 aliphatic heterocycles. The molecule has 1 atom stereocenters. The van der Waals surface area contributed by atoms with E-state index in [0.717, 1.165) is 5.56 Å². The molecule has 0 spiro atoms. The highest BCUT2D eigenvalue weighted by atomic mass is 16.3. The van der Waals surface area contributed by atoms with Gasteiger partial charge in [0.05, 0.1) is 6.04 Å². The zero-order chi connectivity index (χ0) is 13.8. The number of hydrogen-bond donors (Lipinski definition) is 3. The number of nitrogens with two attached hydrogens (primary N) is 1. The number of pyridine rings is 1. The summed E-state index contributed by atoms with van der Waals surface area (Å²) < 4.78 is 0. The van der Waals surface area contributed by atoms with E-state index in [-0.39, 0.29) is 17.5 Å². The van der Waals surface area contributed by atoms with Crippen LogP contribution in [0, 0.1) is 0 Å². The van der Waals surface area contributed by atoms with Gasteiger partial charge < -0.3 is 16.2 Å². The van der Waals surface area contributed by atoms with Crippen molar-refractivity contribution in [2.24, 2.45) is 0 Å². The zero-order valence-electron chi connectivity index (χ0n) is 10.5. The summed E-state index contributed by atoms with van der Waals surface area (Å²) in [7, 11) is 0. The number of carbonyl (C=O) groups excluding carboxylic acids is 1. The second-order valence-corrected chi connectivity index (χ2v) is 4.23. The lowest BCUT2D eigenvalue weighted by molar-refractivity contribution is 0.0932. The van der Waals surface area contributed by atoms with Crippen LogP contribution in [-0.4, -0.2) is 16.0 Å². The van der Waals surface area contributed by atoms with Gasteiger partial charge in [0, 0.05) is 11.9 Å². The van der Waals surface area contributed by atoms with Crippen molar-refractivity contribution >= 4 is 11.6 Å². The van der Waals surface area contributed by atoms with Crippen LogP contribution >= 0.6 is 0 Å². The maximum Gasteiger partial charge on any atom is 0.274 e. The predicted octanol–water partition coefficient (Wildman–Crippen LogP) is 1.86. The van der Waals surface area contributed by atoms with Crippen LogP contribution in [0.4, 0.5) is 5.69 Å². The summed E-state index contributed by atoms with van der Waals surface area (Å²) in [5, 5.41) is 12.3. The quantitative estimate of drug-likeness (QED) is 0.732. The molecule has 0 saturated carbocycles. The lowest BCUT2D eigenvalue weighted by atomic mass is 10.1. The SMILES string of the molecule is CC(NC(=O)c1ncccc1O)c1ccc(N)cc1. The number of nitrogens with one attached hydrogen (secondary N) is 1. The summed E-state index contributed by atoms with van der Waals surface area (Å²) in [4.78, 5) is 15.8. The van der Waals surface area contributed by atoms with E-state index >= 15 is 0 Å². The van der Waals surface area contributed by atoms with E-state index in [1.165, 1.54) is 12.3 Å². The molecule has 98 valence electrons. The summed E-state index contributed by atoms with van der Waals surface area (Å²) >= 11 is 0. The van der Waals surface area contributed by atoms with Gasteiger partial charge in [-0.05, 0) is 36.8 Å². The Labute approximate surface area is 111 Å². The Kier molecular flexibility index (Phi) is 3.66. The Hall–Kier alpha value is -2.56. The van der Waals surface area contributed by atoms with E-state index in [9.17, 15) is 9.90 Å². The molecule has 0 saturated heterocycles. The van der Waals surface area contributed by atoms with Gasteiger partial charge in [-0.15, -0.1) is 0 Å². The van der Waals surface area contributed by atoms with E-state index in [1.54, 1.807) is 18.2 Å². The first kappa shape index (κ1) is 12.9. The molecule has 0 aliphatic carbocycles. The number of rotatable bonds is 3. The van der Waals surface area contributed by atoms with Gasteiger partial charge in [0.1, 0.15) is 5.75 Å². The first-order valence-electron chi connectivity index (χ1n) is 5.88. The molecule has 1 unspecified atom stereocenters.